The Kier molecular flexibility index (Phi) is 5.33. The van der Waals surface area contributed by atoms with Crippen LogP contribution in [-0.2, 0) is 11.2 Å². The Morgan fingerprint density at radius 2 is 2.10 bits per heavy atom. The van der Waals surface area contributed by atoms with Crippen molar-refractivity contribution >= 4 is 27.5 Å². The van der Waals surface area contributed by atoms with E-state index in [1.807, 2.05) is 24.3 Å². The Balaban J connectivity index is 1.92. The highest BCUT2D eigenvalue weighted by atomic mass is 79.9. The number of halogens is 2. The summed E-state index contributed by atoms with van der Waals surface area (Å²) in [5.41, 5.74) is 1.19. The molecule has 0 bridgehead atoms. The van der Waals surface area contributed by atoms with E-state index in [4.69, 9.17) is 4.74 Å². The molecule has 0 atom stereocenters. The first-order valence-corrected chi connectivity index (χ1v) is 7.25. The maximum atomic E-state index is 13.6. The third-order valence-corrected chi connectivity index (χ3v) is 3.47. The first-order valence-electron chi connectivity index (χ1n) is 6.46. The molecule has 2 aromatic carbocycles. The zero-order valence-corrected chi connectivity index (χ0v) is 13.1. The monoisotopic (exact) mass is 351 g/mol. The van der Waals surface area contributed by atoms with Gasteiger partial charge in [0, 0.05) is 10.9 Å². The number of methoxy groups -OCH3 is 1. The Morgan fingerprint density at radius 1 is 1.29 bits per heavy atom. The molecule has 0 aromatic heterocycles. The van der Waals surface area contributed by atoms with Gasteiger partial charge in [-0.2, -0.15) is 0 Å². The lowest BCUT2D eigenvalue weighted by Crippen LogP contribution is -2.13. The van der Waals surface area contributed by atoms with Gasteiger partial charge in [0.1, 0.15) is 11.6 Å². The van der Waals surface area contributed by atoms with Crippen LogP contribution < -0.4 is 10.1 Å². The third-order valence-electron chi connectivity index (χ3n) is 2.98. The minimum absolute atomic E-state index is 0.189. The molecule has 0 saturated heterocycles. The summed E-state index contributed by atoms with van der Waals surface area (Å²) in [6.07, 6.45) is 0.851. The predicted molar refractivity (Wildman–Crippen MR) is 84.0 cm³/mol. The van der Waals surface area contributed by atoms with Crippen LogP contribution in [0.5, 0.6) is 5.75 Å². The van der Waals surface area contributed by atoms with E-state index in [0.717, 1.165) is 11.3 Å². The van der Waals surface area contributed by atoms with Crippen LogP contribution in [0.25, 0.3) is 0 Å². The number of anilines is 1. The average Bonchev–Trinajstić information content (AvgIpc) is 2.48. The highest BCUT2D eigenvalue weighted by molar-refractivity contribution is 9.10. The molecule has 110 valence electrons. The van der Waals surface area contributed by atoms with Crippen LogP contribution in [0.3, 0.4) is 0 Å². The molecule has 0 aliphatic carbocycles. The average molecular weight is 352 g/mol. The predicted octanol–water partition coefficient (Wildman–Crippen LogP) is 4.17. The quantitative estimate of drug-likeness (QED) is 0.877. The third kappa shape index (κ3) is 4.56. The highest BCUT2D eigenvalue weighted by Crippen LogP contribution is 2.20. The number of benzene rings is 2. The van der Waals surface area contributed by atoms with Crippen LogP contribution >= 0.6 is 15.9 Å². The fourth-order valence-electron chi connectivity index (χ4n) is 1.89. The van der Waals surface area contributed by atoms with E-state index in [2.05, 4.69) is 21.2 Å². The van der Waals surface area contributed by atoms with E-state index in [1.54, 1.807) is 13.2 Å². The summed E-state index contributed by atoms with van der Waals surface area (Å²) < 4.78 is 19.4. The molecular formula is C16H15BrFNO2. The zero-order chi connectivity index (χ0) is 15.2. The van der Waals surface area contributed by atoms with Crippen LogP contribution in [0.1, 0.15) is 12.0 Å². The van der Waals surface area contributed by atoms with Crippen molar-refractivity contribution in [3.63, 3.8) is 0 Å². The van der Waals surface area contributed by atoms with Crippen molar-refractivity contribution in [3.05, 3.63) is 58.3 Å². The van der Waals surface area contributed by atoms with Gasteiger partial charge in [-0.1, -0.05) is 28.1 Å². The number of carbonyl (C=O) groups is 1. The van der Waals surface area contributed by atoms with Crippen molar-refractivity contribution in [2.24, 2.45) is 0 Å². The number of aryl methyl sites for hydroxylation is 1. The largest absolute Gasteiger partial charge is 0.497 e. The normalized spacial score (nSPS) is 10.2. The van der Waals surface area contributed by atoms with Gasteiger partial charge in [-0.15, -0.1) is 0 Å². The molecule has 0 radical (unpaired) electrons. The van der Waals surface area contributed by atoms with Gasteiger partial charge >= 0.3 is 0 Å². The molecular weight excluding hydrogens is 337 g/mol. The minimum atomic E-state index is -0.459. The van der Waals surface area contributed by atoms with Crippen molar-refractivity contribution in [2.45, 2.75) is 12.8 Å². The first kappa shape index (κ1) is 15.5. The number of amides is 1. The number of rotatable bonds is 5. The summed E-state index contributed by atoms with van der Waals surface area (Å²) >= 11 is 3.17. The summed E-state index contributed by atoms with van der Waals surface area (Å²) in [5, 5.41) is 2.57. The molecule has 1 N–H and O–H groups in total. The molecule has 0 spiro atoms. The number of carbonyl (C=O) groups excluding carboxylic acids is 1. The van der Waals surface area contributed by atoms with Gasteiger partial charge in [0.05, 0.1) is 12.8 Å². The van der Waals surface area contributed by atoms with Crippen LogP contribution in [0.15, 0.2) is 46.9 Å². The maximum absolute atomic E-state index is 13.6. The summed E-state index contributed by atoms with van der Waals surface area (Å²) in [6.45, 7) is 0. The smallest absolute Gasteiger partial charge is 0.224 e. The molecule has 0 saturated carbocycles. The SMILES string of the molecule is COc1cccc(CCC(=O)Nc2ccc(Br)cc2F)c1. The van der Waals surface area contributed by atoms with Crippen molar-refractivity contribution in [3.8, 4) is 5.75 Å². The Hall–Kier alpha value is -1.88. The molecule has 5 heteroatoms. The van der Waals surface area contributed by atoms with Crippen LogP contribution in [0, 0.1) is 5.82 Å². The van der Waals surface area contributed by atoms with Crippen molar-refractivity contribution in [2.75, 3.05) is 12.4 Å². The van der Waals surface area contributed by atoms with Gasteiger partial charge in [-0.05, 0) is 42.3 Å². The lowest BCUT2D eigenvalue weighted by Gasteiger charge is -2.07. The topological polar surface area (TPSA) is 38.3 Å². The molecule has 2 aromatic rings. The molecule has 0 aliphatic rings. The van der Waals surface area contributed by atoms with Crippen molar-refractivity contribution < 1.29 is 13.9 Å². The second kappa shape index (κ2) is 7.22. The van der Waals surface area contributed by atoms with E-state index in [1.165, 1.54) is 12.1 Å². The standard InChI is InChI=1S/C16H15BrFNO2/c1-21-13-4-2-3-11(9-13)5-8-16(20)19-15-7-6-12(17)10-14(15)18/h2-4,6-7,9-10H,5,8H2,1H3,(H,19,20). The summed E-state index contributed by atoms with van der Waals surface area (Å²) in [5.74, 6) is 0.0741. The molecule has 1 amide bonds. The Bertz CT molecular complexity index is 646. The van der Waals surface area contributed by atoms with Crippen LogP contribution in [0.4, 0.5) is 10.1 Å². The van der Waals surface area contributed by atoms with Gasteiger partial charge < -0.3 is 10.1 Å². The van der Waals surface area contributed by atoms with Gasteiger partial charge in [-0.25, -0.2) is 4.39 Å². The van der Waals surface area contributed by atoms with E-state index in [9.17, 15) is 9.18 Å². The second-order valence-corrected chi connectivity index (χ2v) is 5.44. The number of hydrogen-bond donors (Lipinski definition) is 1. The van der Waals surface area contributed by atoms with Crippen molar-refractivity contribution in [1.82, 2.24) is 0 Å². The van der Waals surface area contributed by atoms with Crippen LogP contribution in [-0.4, -0.2) is 13.0 Å². The summed E-state index contributed by atoms with van der Waals surface area (Å²) in [7, 11) is 1.60. The lowest BCUT2D eigenvalue weighted by molar-refractivity contribution is -0.116. The molecule has 2 rings (SSSR count). The molecule has 21 heavy (non-hydrogen) atoms. The number of nitrogens with one attached hydrogen (secondary N) is 1. The van der Waals surface area contributed by atoms with E-state index in [0.29, 0.717) is 10.9 Å². The van der Waals surface area contributed by atoms with Crippen LogP contribution in [0.2, 0.25) is 0 Å². The number of hydrogen-bond acceptors (Lipinski definition) is 2. The Labute approximate surface area is 131 Å². The second-order valence-electron chi connectivity index (χ2n) is 4.52. The molecule has 0 unspecified atom stereocenters. The summed E-state index contributed by atoms with van der Waals surface area (Å²) in [6, 6.07) is 12.1. The van der Waals surface area contributed by atoms with Gasteiger partial charge in [0.2, 0.25) is 5.91 Å². The van der Waals surface area contributed by atoms with E-state index >= 15 is 0 Å². The van der Waals surface area contributed by atoms with Crippen molar-refractivity contribution in [1.29, 1.82) is 0 Å². The molecule has 0 heterocycles. The highest BCUT2D eigenvalue weighted by Gasteiger charge is 2.08. The van der Waals surface area contributed by atoms with Gasteiger partial charge in [-0.3, -0.25) is 4.79 Å². The van der Waals surface area contributed by atoms with Gasteiger partial charge in [0.15, 0.2) is 0 Å². The fraction of sp³-hybridized carbons (Fsp3) is 0.188. The first-order chi connectivity index (χ1) is 10.1. The van der Waals surface area contributed by atoms with E-state index in [-0.39, 0.29) is 18.0 Å². The molecule has 0 fully saturated rings. The summed E-state index contributed by atoms with van der Waals surface area (Å²) in [4.78, 5) is 11.9. The Morgan fingerprint density at radius 3 is 2.81 bits per heavy atom. The van der Waals surface area contributed by atoms with Gasteiger partial charge in [0.25, 0.3) is 0 Å². The number of ether oxygens (including phenoxy) is 1. The minimum Gasteiger partial charge on any atom is -0.497 e. The molecule has 3 nitrogen and oxygen atoms in total. The lowest BCUT2D eigenvalue weighted by atomic mass is 10.1. The zero-order valence-electron chi connectivity index (χ0n) is 11.5. The van der Waals surface area contributed by atoms with E-state index < -0.39 is 5.82 Å². The molecule has 0 aliphatic heterocycles. The fourth-order valence-corrected chi connectivity index (χ4v) is 2.22. The maximum Gasteiger partial charge on any atom is 0.224 e.